The Morgan fingerprint density at radius 3 is 2.64 bits per heavy atom. The van der Waals surface area contributed by atoms with Crippen LogP contribution in [0.25, 0.3) is 0 Å². The molecule has 0 spiro atoms. The number of hydrogen-bond donors (Lipinski definition) is 1. The van der Waals surface area contributed by atoms with Gasteiger partial charge < -0.3 is 5.32 Å². The number of aryl methyl sites for hydroxylation is 1. The van der Waals surface area contributed by atoms with E-state index in [4.69, 9.17) is 0 Å². The van der Waals surface area contributed by atoms with Gasteiger partial charge in [0.05, 0.1) is 5.56 Å². The quantitative estimate of drug-likeness (QED) is 0.845. The molecule has 1 aromatic heterocycles. The molecule has 1 saturated carbocycles. The van der Waals surface area contributed by atoms with Gasteiger partial charge in [-0.2, -0.15) is 5.26 Å². The number of anilines is 1. The van der Waals surface area contributed by atoms with Crippen molar-refractivity contribution in [2.45, 2.75) is 50.9 Å². The largest absolute Gasteiger partial charge is 0.316 e. The summed E-state index contributed by atoms with van der Waals surface area (Å²) in [7, 11) is 0. The zero-order valence-electron chi connectivity index (χ0n) is 14.3. The highest BCUT2D eigenvalue weighted by molar-refractivity contribution is 7.16. The van der Waals surface area contributed by atoms with E-state index >= 15 is 0 Å². The van der Waals surface area contributed by atoms with Crippen LogP contribution in [-0.4, -0.2) is 5.91 Å². The van der Waals surface area contributed by atoms with Crippen molar-refractivity contribution in [1.29, 1.82) is 5.26 Å². The average molecular weight is 350 g/mol. The van der Waals surface area contributed by atoms with Gasteiger partial charge in [0.15, 0.2) is 0 Å². The third kappa shape index (κ3) is 3.34. The Morgan fingerprint density at radius 1 is 1.12 bits per heavy atom. The highest BCUT2D eigenvalue weighted by atomic mass is 32.1. The van der Waals surface area contributed by atoms with Gasteiger partial charge in [0.25, 0.3) is 0 Å². The molecule has 1 heterocycles. The average Bonchev–Trinajstić information content (AvgIpc) is 3.35. The fourth-order valence-electron chi connectivity index (χ4n) is 3.88. The van der Waals surface area contributed by atoms with Crippen LogP contribution in [0.3, 0.4) is 0 Å². The molecule has 0 unspecified atom stereocenters. The summed E-state index contributed by atoms with van der Waals surface area (Å²) >= 11 is 1.63. The predicted octanol–water partition coefficient (Wildman–Crippen LogP) is 5.02. The van der Waals surface area contributed by atoms with E-state index < -0.39 is 0 Å². The summed E-state index contributed by atoms with van der Waals surface area (Å²) < 4.78 is 0. The maximum Gasteiger partial charge on any atom is 0.228 e. The van der Waals surface area contributed by atoms with Crippen LogP contribution in [0.2, 0.25) is 0 Å². The van der Waals surface area contributed by atoms with E-state index in [2.05, 4.69) is 23.5 Å². The van der Waals surface area contributed by atoms with E-state index in [1.807, 2.05) is 18.2 Å². The van der Waals surface area contributed by atoms with Gasteiger partial charge in [0, 0.05) is 10.8 Å². The van der Waals surface area contributed by atoms with Gasteiger partial charge in [0.2, 0.25) is 5.91 Å². The number of hydrogen-bond acceptors (Lipinski definition) is 3. The molecule has 0 aliphatic heterocycles. The van der Waals surface area contributed by atoms with Crippen LogP contribution in [0.5, 0.6) is 0 Å². The monoisotopic (exact) mass is 350 g/mol. The molecular weight excluding hydrogens is 328 g/mol. The second kappa shape index (κ2) is 7.01. The zero-order valence-corrected chi connectivity index (χ0v) is 15.1. The molecule has 2 aromatic rings. The summed E-state index contributed by atoms with van der Waals surface area (Å²) in [4.78, 5) is 14.0. The summed E-state index contributed by atoms with van der Waals surface area (Å²) in [5, 5.41) is 13.5. The molecule has 128 valence electrons. The minimum absolute atomic E-state index is 0.0404. The van der Waals surface area contributed by atoms with Crippen molar-refractivity contribution in [3.8, 4) is 6.07 Å². The van der Waals surface area contributed by atoms with E-state index in [0.29, 0.717) is 11.5 Å². The van der Waals surface area contributed by atoms with Crippen LogP contribution in [0, 0.1) is 17.2 Å². The number of nitriles is 1. The first kappa shape index (κ1) is 16.4. The highest BCUT2D eigenvalue weighted by Gasteiger charge is 2.44. The molecule has 1 aromatic carbocycles. The lowest BCUT2D eigenvalue weighted by Gasteiger charge is -2.08. The number of thiophene rings is 1. The number of carbonyl (C=O) groups is 1. The van der Waals surface area contributed by atoms with E-state index in [9.17, 15) is 10.1 Å². The molecule has 2 aliphatic carbocycles. The maximum absolute atomic E-state index is 12.7. The molecule has 1 N–H and O–H groups in total. The van der Waals surface area contributed by atoms with Crippen LogP contribution in [0.15, 0.2) is 30.3 Å². The number of carbonyl (C=O) groups excluding carboxylic acids is 1. The fraction of sp³-hybridized carbons (Fsp3) is 0.429. The van der Waals surface area contributed by atoms with Gasteiger partial charge in [-0.1, -0.05) is 43.2 Å². The van der Waals surface area contributed by atoms with E-state index in [0.717, 1.165) is 30.7 Å². The number of fused-ring (bicyclic) bond motifs is 1. The summed E-state index contributed by atoms with van der Waals surface area (Å²) in [6.45, 7) is 0. The fourth-order valence-corrected chi connectivity index (χ4v) is 5.13. The van der Waals surface area contributed by atoms with Crippen molar-refractivity contribution in [3.05, 3.63) is 51.9 Å². The van der Waals surface area contributed by atoms with Gasteiger partial charge in [0.1, 0.15) is 11.1 Å². The summed E-state index contributed by atoms with van der Waals surface area (Å²) in [5.41, 5.74) is 3.15. The van der Waals surface area contributed by atoms with Gasteiger partial charge in [-0.3, -0.25) is 4.79 Å². The molecule has 3 nitrogen and oxygen atoms in total. The van der Waals surface area contributed by atoms with E-state index in [1.165, 1.54) is 35.3 Å². The molecule has 1 amide bonds. The lowest BCUT2D eigenvalue weighted by molar-refractivity contribution is -0.117. The molecule has 2 aliphatic rings. The Hall–Kier alpha value is -2.12. The summed E-state index contributed by atoms with van der Waals surface area (Å²) in [6, 6.07) is 12.6. The first-order valence-corrected chi connectivity index (χ1v) is 10.00. The zero-order chi connectivity index (χ0) is 17.2. The molecule has 2 atom stereocenters. The van der Waals surface area contributed by atoms with Crippen LogP contribution in [-0.2, 0) is 17.6 Å². The number of benzene rings is 1. The summed E-state index contributed by atoms with van der Waals surface area (Å²) in [6.07, 6.45) is 7.75. The smallest absolute Gasteiger partial charge is 0.228 e. The second-order valence-corrected chi connectivity index (χ2v) is 8.19. The van der Waals surface area contributed by atoms with Crippen LogP contribution in [0.4, 0.5) is 5.00 Å². The van der Waals surface area contributed by atoms with Crippen LogP contribution in [0.1, 0.15) is 59.6 Å². The number of amides is 1. The molecule has 4 rings (SSSR count). The topological polar surface area (TPSA) is 52.9 Å². The summed E-state index contributed by atoms with van der Waals surface area (Å²) in [5.74, 6) is 0.436. The Bertz CT molecular complexity index is 818. The van der Waals surface area contributed by atoms with Crippen LogP contribution < -0.4 is 5.32 Å². The van der Waals surface area contributed by atoms with Crippen molar-refractivity contribution in [2.75, 3.05) is 5.32 Å². The minimum Gasteiger partial charge on any atom is -0.316 e. The van der Waals surface area contributed by atoms with Crippen LogP contribution >= 0.6 is 11.3 Å². The number of nitrogens with one attached hydrogen (secondary N) is 1. The normalized spacial score (nSPS) is 22.2. The third-order valence-electron chi connectivity index (χ3n) is 5.37. The van der Waals surface area contributed by atoms with Crippen molar-refractivity contribution in [2.24, 2.45) is 5.92 Å². The Kier molecular flexibility index (Phi) is 4.59. The molecule has 1 fully saturated rings. The second-order valence-electron chi connectivity index (χ2n) is 7.08. The van der Waals surface area contributed by atoms with Gasteiger partial charge in [-0.15, -0.1) is 11.3 Å². The van der Waals surface area contributed by atoms with Gasteiger partial charge in [-0.05, 0) is 49.1 Å². The van der Waals surface area contributed by atoms with Crippen molar-refractivity contribution < 1.29 is 4.79 Å². The maximum atomic E-state index is 12.7. The Balaban J connectivity index is 1.50. The van der Waals surface area contributed by atoms with Crippen molar-refractivity contribution in [3.63, 3.8) is 0 Å². The van der Waals surface area contributed by atoms with E-state index in [-0.39, 0.29) is 11.8 Å². The molecule has 0 radical (unpaired) electrons. The predicted molar refractivity (Wildman–Crippen MR) is 101 cm³/mol. The molecule has 25 heavy (non-hydrogen) atoms. The highest BCUT2D eigenvalue weighted by Crippen LogP contribution is 2.48. The third-order valence-corrected chi connectivity index (χ3v) is 6.58. The number of nitrogens with zero attached hydrogens (tertiary/aromatic N) is 1. The van der Waals surface area contributed by atoms with E-state index in [1.54, 1.807) is 11.3 Å². The van der Waals surface area contributed by atoms with Gasteiger partial charge in [-0.25, -0.2) is 0 Å². The molecule has 4 heteroatoms. The Labute approximate surface area is 152 Å². The minimum atomic E-state index is 0.0404. The molecule has 0 saturated heterocycles. The molecule has 0 bridgehead atoms. The van der Waals surface area contributed by atoms with Gasteiger partial charge >= 0.3 is 0 Å². The standard InChI is InChI=1S/C21H22N2OS/c22-13-18-15-10-6-1-2-7-11-19(15)25-21(18)23-20(24)17-12-16(17)14-8-4-3-5-9-14/h3-5,8-9,16-17H,1-2,6-7,10-12H2,(H,23,24)/t16-,17+/m1/s1. The lowest BCUT2D eigenvalue weighted by atomic mass is 9.97. The number of rotatable bonds is 3. The van der Waals surface area contributed by atoms with Crippen molar-refractivity contribution in [1.82, 2.24) is 0 Å². The first-order chi connectivity index (χ1) is 12.3. The SMILES string of the molecule is N#Cc1c(NC(=O)[C@H]2C[C@@H]2c2ccccc2)sc2c1CCCCCC2. The lowest BCUT2D eigenvalue weighted by Crippen LogP contribution is -2.14. The molecular formula is C21H22N2OS. The first-order valence-electron chi connectivity index (χ1n) is 9.18. The Morgan fingerprint density at radius 2 is 1.88 bits per heavy atom. The van der Waals surface area contributed by atoms with Crippen molar-refractivity contribution >= 4 is 22.2 Å².